The summed E-state index contributed by atoms with van der Waals surface area (Å²) in [5.74, 6) is 1.59. The largest absolute Gasteiger partial charge is 0.317 e. The normalized spacial score (nSPS) is 11.6. The first kappa shape index (κ1) is 13.9. The minimum atomic E-state index is 0.768. The van der Waals surface area contributed by atoms with Crippen LogP contribution in [-0.4, -0.2) is 26.2 Å². The number of hydrogen-bond donors (Lipinski definition) is 2. The van der Waals surface area contributed by atoms with Gasteiger partial charge in [-0.25, -0.2) is 0 Å². The molecule has 0 bridgehead atoms. The van der Waals surface area contributed by atoms with E-state index in [1.165, 1.54) is 19.4 Å². The van der Waals surface area contributed by atoms with Crippen LogP contribution in [0.1, 0.15) is 40.5 Å². The molecule has 0 aliphatic carbocycles. The maximum atomic E-state index is 3.46. The van der Waals surface area contributed by atoms with Crippen LogP contribution in [0.15, 0.2) is 0 Å². The van der Waals surface area contributed by atoms with Gasteiger partial charge in [-0.3, -0.25) is 0 Å². The Hall–Kier alpha value is -0.0800. The molecule has 2 heteroatoms. The molecule has 0 aromatic carbocycles. The average Bonchev–Trinajstić information content (AvgIpc) is 2.08. The lowest BCUT2D eigenvalue weighted by Gasteiger charge is -2.08. The first-order valence-corrected chi connectivity index (χ1v) is 6.04. The van der Waals surface area contributed by atoms with Crippen molar-refractivity contribution in [3.8, 4) is 0 Å². The van der Waals surface area contributed by atoms with Crippen LogP contribution in [-0.2, 0) is 0 Å². The molecule has 0 aliphatic rings. The Labute approximate surface area is 89.9 Å². The van der Waals surface area contributed by atoms with Gasteiger partial charge in [0.2, 0.25) is 0 Å². The lowest BCUT2D eigenvalue weighted by atomic mass is 10.1. The molecule has 0 saturated heterocycles. The lowest BCUT2D eigenvalue weighted by Crippen LogP contribution is -2.25. The standard InChI is InChI=1S/C12H28N2/c1-11(2)6-9-13-7-5-8-14-10-12(3)4/h11-14H,5-10H2,1-4H3. The molecule has 14 heavy (non-hydrogen) atoms. The zero-order valence-electron chi connectivity index (χ0n) is 10.4. The van der Waals surface area contributed by atoms with E-state index in [9.17, 15) is 0 Å². The molecule has 0 amide bonds. The first-order chi connectivity index (χ1) is 6.63. The third-order valence-corrected chi connectivity index (χ3v) is 2.16. The van der Waals surface area contributed by atoms with Crippen molar-refractivity contribution in [3.63, 3.8) is 0 Å². The molecule has 0 aliphatic heterocycles. The fourth-order valence-electron chi connectivity index (χ4n) is 1.24. The predicted octanol–water partition coefficient (Wildman–Crippen LogP) is 2.26. The van der Waals surface area contributed by atoms with Crippen LogP contribution in [0.5, 0.6) is 0 Å². The van der Waals surface area contributed by atoms with E-state index in [0.717, 1.165) is 31.5 Å². The minimum Gasteiger partial charge on any atom is -0.317 e. The predicted molar refractivity (Wildman–Crippen MR) is 64.6 cm³/mol. The molecule has 86 valence electrons. The maximum Gasteiger partial charge on any atom is -0.00258 e. The molecular formula is C12H28N2. The molecule has 0 radical (unpaired) electrons. The summed E-state index contributed by atoms with van der Waals surface area (Å²) < 4.78 is 0. The van der Waals surface area contributed by atoms with E-state index in [4.69, 9.17) is 0 Å². The number of nitrogens with one attached hydrogen (secondary N) is 2. The fraction of sp³-hybridized carbons (Fsp3) is 1.00. The van der Waals surface area contributed by atoms with Crippen molar-refractivity contribution in [2.75, 3.05) is 26.2 Å². The Bertz CT molecular complexity index is 96.9. The Balaban J connectivity index is 2.92. The smallest absolute Gasteiger partial charge is 0.00258 e. The van der Waals surface area contributed by atoms with E-state index in [0.29, 0.717) is 0 Å². The summed E-state index contributed by atoms with van der Waals surface area (Å²) in [5, 5.41) is 6.91. The van der Waals surface area contributed by atoms with Crippen molar-refractivity contribution in [2.45, 2.75) is 40.5 Å². The molecule has 2 N–H and O–H groups in total. The van der Waals surface area contributed by atoms with Gasteiger partial charge in [-0.05, 0) is 50.9 Å². The second-order valence-electron chi connectivity index (χ2n) is 4.88. The van der Waals surface area contributed by atoms with Crippen LogP contribution in [0.25, 0.3) is 0 Å². The van der Waals surface area contributed by atoms with Crippen molar-refractivity contribution in [2.24, 2.45) is 11.8 Å². The Kier molecular flexibility index (Phi) is 9.42. The van der Waals surface area contributed by atoms with E-state index in [1.54, 1.807) is 0 Å². The van der Waals surface area contributed by atoms with E-state index in [2.05, 4.69) is 38.3 Å². The lowest BCUT2D eigenvalue weighted by molar-refractivity contribution is 0.508. The fourth-order valence-corrected chi connectivity index (χ4v) is 1.24. The van der Waals surface area contributed by atoms with Gasteiger partial charge in [-0.1, -0.05) is 27.7 Å². The third kappa shape index (κ3) is 11.9. The van der Waals surface area contributed by atoms with Crippen molar-refractivity contribution in [1.82, 2.24) is 10.6 Å². The van der Waals surface area contributed by atoms with Gasteiger partial charge in [0.15, 0.2) is 0 Å². The van der Waals surface area contributed by atoms with Gasteiger partial charge in [0.05, 0.1) is 0 Å². The monoisotopic (exact) mass is 200 g/mol. The van der Waals surface area contributed by atoms with Crippen LogP contribution in [0.3, 0.4) is 0 Å². The van der Waals surface area contributed by atoms with Gasteiger partial charge in [0, 0.05) is 0 Å². The van der Waals surface area contributed by atoms with E-state index in [-0.39, 0.29) is 0 Å². The van der Waals surface area contributed by atoms with Crippen LogP contribution < -0.4 is 10.6 Å². The molecular weight excluding hydrogens is 172 g/mol. The maximum absolute atomic E-state index is 3.46. The summed E-state index contributed by atoms with van der Waals surface area (Å²) >= 11 is 0. The molecule has 0 rings (SSSR count). The zero-order valence-corrected chi connectivity index (χ0v) is 10.4. The molecule has 0 aromatic rings. The van der Waals surface area contributed by atoms with Crippen molar-refractivity contribution < 1.29 is 0 Å². The average molecular weight is 200 g/mol. The van der Waals surface area contributed by atoms with E-state index in [1.807, 2.05) is 0 Å². The van der Waals surface area contributed by atoms with Gasteiger partial charge < -0.3 is 10.6 Å². The van der Waals surface area contributed by atoms with E-state index < -0.39 is 0 Å². The van der Waals surface area contributed by atoms with Crippen molar-refractivity contribution in [1.29, 1.82) is 0 Å². The third-order valence-electron chi connectivity index (χ3n) is 2.16. The Morgan fingerprint density at radius 2 is 1.43 bits per heavy atom. The molecule has 0 aromatic heterocycles. The molecule has 0 atom stereocenters. The van der Waals surface area contributed by atoms with Crippen molar-refractivity contribution >= 4 is 0 Å². The van der Waals surface area contributed by atoms with Gasteiger partial charge in [0.1, 0.15) is 0 Å². The summed E-state index contributed by atoms with van der Waals surface area (Å²) in [4.78, 5) is 0. The number of hydrogen-bond acceptors (Lipinski definition) is 2. The van der Waals surface area contributed by atoms with Gasteiger partial charge in [-0.2, -0.15) is 0 Å². The van der Waals surface area contributed by atoms with Gasteiger partial charge >= 0.3 is 0 Å². The highest BCUT2D eigenvalue weighted by Crippen LogP contribution is 1.95. The summed E-state index contributed by atoms with van der Waals surface area (Å²) in [6.45, 7) is 13.6. The SMILES string of the molecule is CC(C)CCNCCCNCC(C)C. The molecule has 0 unspecified atom stereocenters. The van der Waals surface area contributed by atoms with Crippen molar-refractivity contribution in [3.05, 3.63) is 0 Å². The molecule has 2 nitrogen and oxygen atoms in total. The van der Waals surface area contributed by atoms with Gasteiger partial charge in [0.25, 0.3) is 0 Å². The van der Waals surface area contributed by atoms with Crippen LogP contribution >= 0.6 is 0 Å². The Morgan fingerprint density at radius 1 is 0.786 bits per heavy atom. The quantitative estimate of drug-likeness (QED) is 0.558. The second-order valence-corrected chi connectivity index (χ2v) is 4.88. The summed E-state index contributed by atoms with van der Waals surface area (Å²) in [5.41, 5.74) is 0. The highest BCUT2D eigenvalue weighted by atomic mass is 14.9. The van der Waals surface area contributed by atoms with Crippen LogP contribution in [0.2, 0.25) is 0 Å². The molecule has 0 saturated carbocycles. The minimum absolute atomic E-state index is 0.768. The number of rotatable bonds is 9. The topological polar surface area (TPSA) is 24.1 Å². The summed E-state index contributed by atoms with van der Waals surface area (Å²) in [7, 11) is 0. The zero-order chi connectivity index (χ0) is 10.8. The van der Waals surface area contributed by atoms with E-state index >= 15 is 0 Å². The van der Waals surface area contributed by atoms with Crippen LogP contribution in [0.4, 0.5) is 0 Å². The van der Waals surface area contributed by atoms with Gasteiger partial charge in [-0.15, -0.1) is 0 Å². The first-order valence-electron chi connectivity index (χ1n) is 6.04. The Morgan fingerprint density at radius 3 is 2.00 bits per heavy atom. The highest BCUT2D eigenvalue weighted by Gasteiger charge is 1.94. The summed E-state index contributed by atoms with van der Waals surface area (Å²) in [6, 6.07) is 0. The molecule has 0 fully saturated rings. The summed E-state index contributed by atoms with van der Waals surface area (Å²) in [6.07, 6.45) is 2.53. The van der Waals surface area contributed by atoms with Crippen LogP contribution in [0, 0.1) is 11.8 Å². The molecule has 0 heterocycles. The molecule has 0 spiro atoms. The highest BCUT2D eigenvalue weighted by molar-refractivity contribution is 4.55. The second kappa shape index (κ2) is 9.47.